The van der Waals surface area contributed by atoms with Crippen LogP contribution in [-0.4, -0.2) is 33.3 Å². The van der Waals surface area contributed by atoms with Crippen molar-refractivity contribution in [3.8, 4) is 28.1 Å². The number of aryl methyl sites for hydroxylation is 3. The Bertz CT molecular complexity index is 1540. The molecule has 202 valence electrons. The first kappa shape index (κ1) is 26.8. The van der Waals surface area contributed by atoms with Gasteiger partial charge in [-0.15, -0.1) is 0 Å². The molecule has 0 aliphatic carbocycles. The molecule has 0 amide bonds. The van der Waals surface area contributed by atoms with E-state index in [1.165, 1.54) is 16.7 Å². The highest BCUT2D eigenvalue weighted by Crippen LogP contribution is 2.43. The number of carbonyl (C=O) groups is 1. The predicted octanol–water partition coefficient (Wildman–Crippen LogP) is 7.27. The first-order valence-corrected chi connectivity index (χ1v) is 13.7. The van der Waals surface area contributed by atoms with Crippen LogP contribution in [0.1, 0.15) is 68.7 Å². The van der Waals surface area contributed by atoms with Crippen LogP contribution >= 0.6 is 0 Å². The van der Waals surface area contributed by atoms with Gasteiger partial charge in [0.05, 0.1) is 23.4 Å². The Morgan fingerprint density at radius 2 is 1.79 bits per heavy atom. The number of carboxylic acid groups (broad SMARTS) is 1. The quantitative estimate of drug-likeness (QED) is 0.274. The molecular weight excluding hydrogens is 488 g/mol. The minimum absolute atomic E-state index is 0.549. The molecule has 0 radical (unpaired) electrons. The van der Waals surface area contributed by atoms with E-state index in [1.54, 1.807) is 0 Å². The summed E-state index contributed by atoms with van der Waals surface area (Å²) in [6.07, 6.45) is 3.16. The maximum absolute atomic E-state index is 12.7. The number of nitrogens with zero attached hydrogens (tertiary/aromatic N) is 2. The summed E-state index contributed by atoms with van der Waals surface area (Å²) in [5, 5.41) is 11.4. The summed E-state index contributed by atoms with van der Waals surface area (Å²) in [4.78, 5) is 22.5. The summed E-state index contributed by atoms with van der Waals surface area (Å²) >= 11 is 0. The van der Waals surface area contributed by atoms with E-state index in [0.717, 1.165) is 58.3 Å². The zero-order chi connectivity index (χ0) is 27.9. The Morgan fingerprint density at radius 3 is 2.44 bits per heavy atom. The van der Waals surface area contributed by atoms with E-state index in [-0.39, 0.29) is 0 Å². The van der Waals surface area contributed by atoms with Crippen LogP contribution < -0.4 is 4.74 Å². The van der Waals surface area contributed by atoms with Gasteiger partial charge in [-0.3, -0.25) is 9.97 Å². The Kier molecular flexibility index (Phi) is 7.17. The molecule has 2 aromatic carbocycles. The molecule has 1 N–H and O–H groups in total. The molecule has 0 spiro atoms. The number of ether oxygens (including phenoxy) is 2. The summed E-state index contributed by atoms with van der Waals surface area (Å²) < 4.78 is 12.1. The van der Waals surface area contributed by atoms with Crippen LogP contribution in [0, 0.1) is 6.92 Å². The molecule has 39 heavy (non-hydrogen) atoms. The van der Waals surface area contributed by atoms with Gasteiger partial charge in [0.2, 0.25) is 0 Å². The molecule has 2 aromatic heterocycles. The molecule has 1 aliphatic heterocycles. The topological polar surface area (TPSA) is 81.5 Å². The van der Waals surface area contributed by atoms with Crippen LogP contribution in [0.15, 0.2) is 48.7 Å². The average Bonchev–Trinajstić information content (AvgIpc) is 2.91. The van der Waals surface area contributed by atoms with Crippen molar-refractivity contribution in [2.24, 2.45) is 0 Å². The number of benzene rings is 2. The van der Waals surface area contributed by atoms with Gasteiger partial charge in [0.15, 0.2) is 6.10 Å². The van der Waals surface area contributed by atoms with E-state index >= 15 is 0 Å². The molecular formula is C33H36N2O4. The lowest BCUT2D eigenvalue weighted by Gasteiger charge is -2.28. The van der Waals surface area contributed by atoms with Crippen molar-refractivity contribution in [1.82, 2.24) is 9.97 Å². The monoisotopic (exact) mass is 524 g/mol. The summed E-state index contributed by atoms with van der Waals surface area (Å²) in [7, 11) is 0. The predicted molar refractivity (Wildman–Crippen MR) is 154 cm³/mol. The maximum atomic E-state index is 12.7. The van der Waals surface area contributed by atoms with Crippen molar-refractivity contribution in [1.29, 1.82) is 0 Å². The number of pyridine rings is 2. The van der Waals surface area contributed by atoms with Crippen molar-refractivity contribution in [2.75, 3.05) is 6.61 Å². The fourth-order valence-electron chi connectivity index (χ4n) is 5.64. The lowest BCUT2D eigenvalue weighted by atomic mass is 9.88. The standard InChI is InChI=1S/C33H36N2O4/c1-7-20-10-9-11-21(8-2)28(20)25-18-24(27(19(3)35-25)31(32(36)37)39-33(4,5)6)23-12-13-26-29-22(15-17-38-26)14-16-34-30(23)29/h9-14,16,18,31H,7-8,15,17H2,1-6H3,(H,36,37). The number of carboxylic acids is 1. The summed E-state index contributed by atoms with van der Waals surface area (Å²) in [6, 6.07) is 14.4. The Hall–Kier alpha value is -3.77. The molecule has 1 aliphatic rings. The normalized spacial score (nSPS) is 13.8. The Labute approximate surface area is 230 Å². The first-order chi connectivity index (χ1) is 18.6. The number of aromatic nitrogens is 2. The van der Waals surface area contributed by atoms with Crippen molar-refractivity contribution in [3.05, 3.63) is 76.6 Å². The lowest BCUT2D eigenvalue weighted by Crippen LogP contribution is -2.28. The Morgan fingerprint density at radius 1 is 1.08 bits per heavy atom. The molecule has 6 heteroatoms. The van der Waals surface area contributed by atoms with Gasteiger partial charge in [-0.05, 0) is 87.1 Å². The molecule has 0 saturated carbocycles. The second-order valence-corrected chi connectivity index (χ2v) is 11.1. The Balaban J connectivity index is 1.87. The van der Waals surface area contributed by atoms with E-state index < -0.39 is 17.7 Å². The molecule has 0 saturated heterocycles. The van der Waals surface area contributed by atoms with E-state index in [0.29, 0.717) is 17.9 Å². The fourth-order valence-corrected chi connectivity index (χ4v) is 5.64. The highest BCUT2D eigenvalue weighted by Gasteiger charge is 2.33. The van der Waals surface area contributed by atoms with Gasteiger partial charge < -0.3 is 14.6 Å². The second-order valence-electron chi connectivity index (χ2n) is 11.1. The zero-order valence-corrected chi connectivity index (χ0v) is 23.6. The third-order valence-electron chi connectivity index (χ3n) is 7.32. The van der Waals surface area contributed by atoms with Crippen molar-refractivity contribution < 1.29 is 19.4 Å². The minimum Gasteiger partial charge on any atom is -0.493 e. The highest BCUT2D eigenvalue weighted by molar-refractivity contribution is 6.01. The summed E-state index contributed by atoms with van der Waals surface area (Å²) in [5.74, 6) is -0.243. The number of hydrogen-bond donors (Lipinski definition) is 1. The van der Waals surface area contributed by atoms with Crippen molar-refractivity contribution in [3.63, 3.8) is 0 Å². The first-order valence-electron chi connectivity index (χ1n) is 13.7. The molecule has 1 atom stereocenters. The van der Waals surface area contributed by atoms with E-state index in [4.69, 9.17) is 19.4 Å². The summed E-state index contributed by atoms with van der Waals surface area (Å²) in [5.41, 5.74) is 8.45. The van der Waals surface area contributed by atoms with E-state index in [1.807, 2.05) is 58.2 Å². The van der Waals surface area contributed by atoms with Crippen molar-refractivity contribution >= 4 is 16.9 Å². The van der Waals surface area contributed by atoms with Gasteiger partial charge in [0.1, 0.15) is 5.75 Å². The van der Waals surface area contributed by atoms with Crippen LogP contribution in [0.4, 0.5) is 0 Å². The van der Waals surface area contributed by atoms with Crippen LogP contribution in [0.3, 0.4) is 0 Å². The number of rotatable bonds is 7. The second kappa shape index (κ2) is 10.4. The van der Waals surface area contributed by atoms with Crippen LogP contribution in [0.5, 0.6) is 5.75 Å². The van der Waals surface area contributed by atoms with Gasteiger partial charge in [-0.1, -0.05) is 32.0 Å². The third-order valence-corrected chi connectivity index (χ3v) is 7.32. The van der Waals surface area contributed by atoms with Gasteiger partial charge in [-0.25, -0.2) is 4.79 Å². The maximum Gasteiger partial charge on any atom is 0.337 e. The molecule has 0 bridgehead atoms. The molecule has 0 fully saturated rings. The smallest absolute Gasteiger partial charge is 0.337 e. The zero-order valence-electron chi connectivity index (χ0n) is 23.6. The largest absolute Gasteiger partial charge is 0.493 e. The lowest BCUT2D eigenvalue weighted by molar-refractivity contribution is -0.160. The van der Waals surface area contributed by atoms with Crippen LogP contribution in [0.25, 0.3) is 33.3 Å². The third kappa shape index (κ3) is 5.01. The van der Waals surface area contributed by atoms with Crippen LogP contribution in [0.2, 0.25) is 0 Å². The molecule has 4 aromatic rings. The van der Waals surface area contributed by atoms with Crippen molar-refractivity contribution in [2.45, 2.75) is 72.5 Å². The molecule has 6 nitrogen and oxygen atoms in total. The minimum atomic E-state index is -1.20. The molecule has 5 rings (SSSR count). The van der Waals surface area contributed by atoms with E-state index in [9.17, 15) is 9.90 Å². The molecule has 3 heterocycles. The fraction of sp³-hybridized carbons (Fsp3) is 0.364. The van der Waals surface area contributed by atoms with E-state index in [2.05, 4.69) is 32.0 Å². The van der Waals surface area contributed by atoms with Gasteiger partial charge in [0, 0.05) is 40.4 Å². The average molecular weight is 525 g/mol. The highest BCUT2D eigenvalue weighted by atomic mass is 16.5. The van der Waals surface area contributed by atoms with Gasteiger partial charge in [-0.2, -0.15) is 0 Å². The number of aliphatic carboxylic acids is 1. The molecule has 1 unspecified atom stereocenters. The summed E-state index contributed by atoms with van der Waals surface area (Å²) in [6.45, 7) is 12.4. The number of hydrogen-bond acceptors (Lipinski definition) is 5. The van der Waals surface area contributed by atoms with Gasteiger partial charge in [0.25, 0.3) is 0 Å². The SMILES string of the molecule is CCc1cccc(CC)c1-c1cc(-c2ccc3c4c(ccnc24)CCO3)c(C(OC(C)(C)C)C(=O)O)c(C)n1. The van der Waals surface area contributed by atoms with Crippen LogP contribution in [-0.2, 0) is 28.8 Å². The van der Waals surface area contributed by atoms with Gasteiger partial charge >= 0.3 is 5.97 Å².